The Balaban J connectivity index is 0.00000128. The van der Waals surface area contributed by atoms with Gasteiger partial charge in [-0.15, -0.1) is 12.4 Å². The highest BCUT2D eigenvalue weighted by atomic mass is 35.5. The summed E-state index contributed by atoms with van der Waals surface area (Å²) in [5, 5.41) is 3.39. The second-order valence-corrected chi connectivity index (χ2v) is 4.26. The van der Waals surface area contributed by atoms with Crippen LogP contribution in [-0.2, 0) is 0 Å². The average molecular weight is 242 g/mol. The molecule has 0 amide bonds. The lowest BCUT2D eigenvalue weighted by Gasteiger charge is -2.28. The van der Waals surface area contributed by atoms with E-state index >= 15 is 0 Å². The Kier molecular flexibility index (Phi) is 5.56. The van der Waals surface area contributed by atoms with Crippen molar-refractivity contribution in [2.45, 2.75) is 12.8 Å². The van der Waals surface area contributed by atoms with Gasteiger partial charge in [-0.25, -0.2) is 4.98 Å². The van der Waals surface area contributed by atoms with Crippen LogP contribution in [0, 0.1) is 5.92 Å². The van der Waals surface area contributed by atoms with Gasteiger partial charge in [0.1, 0.15) is 5.82 Å². The molecule has 0 bridgehead atoms. The van der Waals surface area contributed by atoms with Gasteiger partial charge in [0.2, 0.25) is 0 Å². The summed E-state index contributed by atoms with van der Waals surface area (Å²) in [6.45, 7) is 3.46. The van der Waals surface area contributed by atoms with Crippen molar-refractivity contribution in [3.05, 3.63) is 24.4 Å². The Hall–Kier alpha value is -0.800. The van der Waals surface area contributed by atoms with Gasteiger partial charge in [-0.3, -0.25) is 0 Å². The monoisotopic (exact) mass is 241 g/mol. The Labute approximate surface area is 104 Å². The molecule has 1 N–H and O–H groups in total. The van der Waals surface area contributed by atoms with E-state index in [-0.39, 0.29) is 12.4 Å². The van der Waals surface area contributed by atoms with E-state index in [1.54, 1.807) is 0 Å². The number of anilines is 1. The minimum atomic E-state index is 0. The smallest absolute Gasteiger partial charge is 0.128 e. The zero-order chi connectivity index (χ0) is 10.5. The lowest BCUT2D eigenvalue weighted by Crippen LogP contribution is -2.34. The molecule has 2 rings (SSSR count). The summed E-state index contributed by atoms with van der Waals surface area (Å²) in [6.07, 6.45) is 4.43. The van der Waals surface area contributed by atoms with Crippen molar-refractivity contribution in [1.82, 2.24) is 10.3 Å². The average Bonchev–Trinajstić information content (AvgIpc) is 2.31. The third kappa shape index (κ3) is 3.65. The molecule has 4 heteroatoms. The number of hydrogen-bond donors (Lipinski definition) is 1. The molecule has 0 unspecified atom stereocenters. The third-order valence-electron chi connectivity index (χ3n) is 3.03. The standard InChI is InChI=1S/C12H19N3.ClH/c1-15(12-4-2-3-7-14-12)10-11-5-8-13-9-6-11;/h2-4,7,11,13H,5-6,8-10H2,1H3;1H. The summed E-state index contributed by atoms with van der Waals surface area (Å²) in [5.74, 6) is 1.90. The zero-order valence-electron chi connectivity index (χ0n) is 9.72. The van der Waals surface area contributed by atoms with Gasteiger partial charge in [-0.05, 0) is 44.0 Å². The van der Waals surface area contributed by atoms with Gasteiger partial charge >= 0.3 is 0 Å². The predicted molar refractivity (Wildman–Crippen MR) is 70.3 cm³/mol. The number of rotatable bonds is 3. The van der Waals surface area contributed by atoms with Crippen molar-refractivity contribution in [3.63, 3.8) is 0 Å². The van der Waals surface area contributed by atoms with Gasteiger partial charge < -0.3 is 10.2 Å². The SMILES string of the molecule is CN(CC1CCNCC1)c1ccccn1.Cl. The maximum Gasteiger partial charge on any atom is 0.128 e. The fourth-order valence-electron chi connectivity index (χ4n) is 2.12. The number of pyridine rings is 1. The molecule has 0 radical (unpaired) electrons. The van der Waals surface area contributed by atoms with Crippen LogP contribution in [0.4, 0.5) is 5.82 Å². The summed E-state index contributed by atoms with van der Waals surface area (Å²) in [6, 6.07) is 6.07. The van der Waals surface area contributed by atoms with Crippen molar-refractivity contribution in [2.75, 3.05) is 31.6 Å². The number of nitrogens with zero attached hydrogens (tertiary/aromatic N) is 2. The first-order chi connectivity index (χ1) is 7.36. The minimum absolute atomic E-state index is 0. The first kappa shape index (κ1) is 13.3. The van der Waals surface area contributed by atoms with Crippen LogP contribution in [0.25, 0.3) is 0 Å². The number of piperidine rings is 1. The molecule has 90 valence electrons. The van der Waals surface area contributed by atoms with E-state index in [0.29, 0.717) is 0 Å². The van der Waals surface area contributed by atoms with Crippen LogP contribution < -0.4 is 10.2 Å². The highest BCUT2D eigenvalue weighted by Crippen LogP contribution is 2.16. The van der Waals surface area contributed by atoms with Gasteiger partial charge in [-0.2, -0.15) is 0 Å². The van der Waals surface area contributed by atoms with Gasteiger partial charge in [0.25, 0.3) is 0 Å². The number of aromatic nitrogens is 1. The van der Waals surface area contributed by atoms with Crippen molar-refractivity contribution in [3.8, 4) is 0 Å². The molecule has 3 nitrogen and oxygen atoms in total. The Morgan fingerprint density at radius 1 is 1.38 bits per heavy atom. The second kappa shape index (κ2) is 6.71. The fourth-order valence-corrected chi connectivity index (χ4v) is 2.12. The van der Waals surface area contributed by atoms with Crippen molar-refractivity contribution >= 4 is 18.2 Å². The molecule has 1 saturated heterocycles. The molecule has 2 heterocycles. The largest absolute Gasteiger partial charge is 0.359 e. The van der Waals surface area contributed by atoms with E-state index in [4.69, 9.17) is 0 Å². The molecule has 16 heavy (non-hydrogen) atoms. The van der Waals surface area contributed by atoms with Crippen molar-refractivity contribution in [2.24, 2.45) is 5.92 Å². The van der Waals surface area contributed by atoms with E-state index in [0.717, 1.165) is 18.3 Å². The highest BCUT2D eigenvalue weighted by Gasteiger charge is 2.15. The van der Waals surface area contributed by atoms with Gasteiger partial charge in [-0.1, -0.05) is 6.07 Å². The number of halogens is 1. The zero-order valence-corrected chi connectivity index (χ0v) is 10.5. The summed E-state index contributed by atoms with van der Waals surface area (Å²) in [5.41, 5.74) is 0. The topological polar surface area (TPSA) is 28.2 Å². The maximum atomic E-state index is 4.35. The molecule has 0 aliphatic carbocycles. The molecule has 0 atom stereocenters. The Morgan fingerprint density at radius 2 is 2.12 bits per heavy atom. The van der Waals surface area contributed by atoms with Gasteiger partial charge in [0.05, 0.1) is 0 Å². The van der Waals surface area contributed by atoms with Crippen LogP contribution in [0.2, 0.25) is 0 Å². The van der Waals surface area contributed by atoms with E-state index in [2.05, 4.69) is 28.3 Å². The van der Waals surface area contributed by atoms with Crippen LogP contribution in [0.1, 0.15) is 12.8 Å². The van der Waals surface area contributed by atoms with Crippen LogP contribution in [0.3, 0.4) is 0 Å². The van der Waals surface area contributed by atoms with Crippen LogP contribution in [0.5, 0.6) is 0 Å². The van der Waals surface area contributed by atoms with Crippen molar-refractivity contribution < 1.29 is 0 Å². The molecular weight excluding hydrogens is 222 g/mol. The lowest BCUT2D eigenvalue weighted by molar-refractivity contribution is 0.377. The van der Waals surface area contributed by atoms with Gasteiger partial charge in [0.15, 0.2) is 0 Å². The summed E-state index contributed by atoms with van der Waals surface area (Å²) >= 11 is 0. The van der Waals surface area contributed by atoms with Crippen molar-refractivity contribution in [1.29, 1.82) is 0 Å². The van der Waals surface area contributed by atoms with Gasteiger partial charge in [0, 0.05) is 19.8 Å². The quantitative estimate of drug-likeness (QED) is 0.877. The third-order valence-corrected chi connectivity index (χ3v) is 3.03. The number of nitrogens with one attached hydrogen (secondary N) is 1. The molecular formula is C12H20ClN3. The molecule has 1 aliphatic rings. The molecule has 1 aromatic rings. The minimum Gasteiger partial charge on any atom is -0.359 e. The van der Waals surface area contributed by atoms with E-state index in [9.17, 15) is 0 Å². The Morgan fingerprint density at radius 3 is 2.75 bits per heavy atom. The molecule has 1 aromatic heterocycles. The normalized spacial score (nSPS) is 16.6. The van der Waals surface area contributed by atoms with Crippen LogP contribution >= 0.6 is 12.4 Å². The van der Waals surface area contributed by atoms with Crippen LogP contribution in [0.15, 0.2) is 24.4 Å². The first-order valence-corrected chi connectivity index (χ1v) is 5.69. The summed E-state index contributed by atoms with van der Waals surface area (Å²) in [4.78, 5) is 6.61. The Bertz CT molecular complexity index is 286. The summed E-state index contributed by atoms with van der Waals surface area (Å²) in [7, 11) is 2.13. The molecule has 0 saturated carbocycles. The van der Waals surface area contributed by atoms with E-state index in [1.807, 2.05) is 18.3 Å². The summed E-state index contributed by atoms with van der Waals surface area (Å²) < 4.78 is 0. The lowest BCUT2D eigenvalue weighted by atomic mass is 9.98. The van der Waals surface area contributed by atoms with E-state index < -0.39 is 0 Å². The van der Waals surface area contributed by atoms with E-state index in [1.165, 1.54) is 25.9 Å². The predicted octanol–water partition coefficient (Wildman–Crippen LogP) is 1.94. The molecule has 0 spiro atoms. The molecule has 1 fully saturated rings. The maximum absolute atomic E-state index is 4.35. The fraction of sp³-hybridized carbons (Fsp3) is 0.583. The molecule has 1 aliphatic heterocycles. The first-order valence-electron chi connectivity index (χ1n) is 5.69. The van der Waals surface area contributed by atoms with Crippen LogP contribution in [-0.4, -0.2) is 31.7 Å². The molecule has 0 aromatic carbocycles. The highest BCUT2D eigenvalue weighted by molar-refractivity contribution is 5.85. The number of hydrogen-bond acceptors (Lipinski definition) is 3. The second-order valence-electron chi connectivity index (χ2n) is 4.26.